The molecule has 0 heterocycles. The fraction of sp³-hybridized carbons (Fsp3) is 0.931. The number of fused-ring (bicyclic) bond motifs is 5. The van der Waals surface area contributed by atoms with Crippen molar-refractivity contribution < 1.29 is 4.74 Å². The molecule has 0 aliphatic heterocycles. The first-order valence-corrected chi connectivity index (χ1v) is 13.6. The molecule has 0 aromatic rings. The molecule has 0 N–H and O–H groups in total. The molecule has 0 bridgehead atoms. The Morgan fingerprint density at radius 2 is 1.80 bits per heavy atom. The number of ether oxygens (including phenoxy) is 1. The zero-order valence-corrected chi connectivity index (χ0v) is 21.0. The van der Waals surface area contributed by atoms with Gasteiger partial charge in [0.25, 0.3) is 0 Å². The summed E-state index contributed by atoms with van der Waals surface area (Å²) in [5.41, 5.74) is 2.86. The van der Waals surface area contributed by atoms with Crippen molar-refractivity contribution in [3.8, 4) is 0 Å². The summed E-state index contributed by atoms with van der Waals surface area (Å²) in [7, 11) is 0. The van der Waals surface area contributed by atoms with Crippen LogP contribution in [0.4, 0.5) is 0 Å². The van der Waals surface area contributed by atoms with Crippen LogP contribution < -0.4 is 0 Å². The molecule has 0 aromatic carbocycles. The molecular formula is C29H50O. The van der Waals surface area contributed by atoms with Gasteiger partial charge in [-0.3, -0.25) is 0 Å². The van der Waals surface area contributed by atoms with Gasteiger partial charge in [0.2, 0.25) is 0 Å². The summed E-state index contributed by atoms with van der Waals surface area (Å²) in [5, 5.41) is 0. The Balaban J connectivity index is 1.47. The largest absolute Gasteiger partial charge is 0.378 e. The molecule has 0 aromatic heterocycles. The summed E-state index contributed by atoms with van der Waals surface area (Å²) < 4.78 is 6.04. The molecule has 30 heavy (non-hydrogen) atoms. The molecular weight excluding hydrogens is 364 g/mol. The van der Waals surface area contributed by atoms with Crippen molar-refractivity contribution in [2.75, 3.05) is 6.61 Å². The van der Waals surface area contributed by atoms with E-state index < -0.39 is 0 Å². The van der Waals surface area contributed by atoms with Gasteiger partial charge >= 0.3 is 0 Å². The zero-order chi connectivity index (χ0) is 21.5. The molecule has 0 saturated heterocycles. The maximum absolute atomic E-state index is 6.04. The Kier molecular flexibility index (Phi) is 6.80. The monoisotopic (exact) mass is 414 g/mol. The van der Waals surface area contributed by atoms with E-state index in [1.165, 1.54) is 70.6 Å². The van der Waals surface area contributed by atoms with Crippen molar-refractivity contribution in [1.82, 2.24) is 0 Å². The maximum atomic E-state index is 6.04. The van der Waals surface area contributed by atoms with Crippen LogP contribution in [0.2, 0.25) is 0 Å². The van der Waals surface area contributed by atoms with Crippen LogP contribution in [0.25, 0.3) is 0 Å². The van der Waals surface area contributed by atoms with E-state index in [4.69, 9.17) is 4.74 Å². The number of allylic oxidation sites excluding steroid dienone is 1. The Labute approximate surface area is 187 Å². The molecule has 4 aliphatic rings. The van der Waals surface area contributed by atoms with Gasteiger partial charge in [0.05, 0.1) is 6.10 Å². The molecule has 3 fully saturated rings. The lowest BCUT2D eigenvalue weighted by Crippen LogP contribution is -2.51. The maximum Gasteiger partial charge on any atom is 0.0612 e. The first-order chi connectivity index (χ1) is 14.3. The summed E-state index contributed by atoms with van der Waals surface area (Å²) >= 11 is 0. The van der Waals surface area contributed by atoms with Crippen LogP contribution in [-0.2, 0) is 4.74 Å². The van der Waals surface area contributed by atoms with Gasteiger partial charge in [-0.15, -0.1) is 0 Å². The Morgan fingerprint density at radius 1 is 1.00 bits per heavy atom. The highest BCUT2D eigenvalue weighted by molar-refractivity contribution is 5.25. The van der Waals surface area contributed by atoms with Crippen LogP contribution in [0.5, 0.6) is 0 Å². The summed E-state index contributed by atoms with van der Waals surface area (Å²) in [4.78, 5) is 0. The molecule has 8 atom stereocenters. The first-order valence-electron chi connectivity index (χ1n) is 13.6. The molecule has 1 nitrogen and oxygen atoms in total. The van der Waals surface area contributed by atoms with Gasteiger partial charge in [-0.1, -0.05) is 65.5 Å². The molecule has 172 valence electrons. The Hall–Kier alpha value is -0.300. The lowest BCUT2D eigenvalue weighted by Gasteiger charge is -2.58. The van der Waals surface area contributed by atoms with Crippen molar-refractivity contribution in [2.45, 2.75) is 118 Å². The van der Waals surface area contributed by atoms with Crippen LogP contribution in [-0.4, -0.2) is 12.7 Å². The third-order valence-electron chi connectivity index (χ3n) is 10.7. The molecule has 0 spiro atoms. The first kappa shape index (κ1) is 22.9. The Morgan fingerprint density at radius 3 is 2.53 bits per heavy atom. The Bertz CT molecular complexity index is 620. The summed E-state index contributed by atoms with van der Waals surface area (Å²) in [5.74, 6) is 5.63. The predicted octanol–water partition coefficient (Wildman–Crippen LogP) is 8.43. The molecule has 0 radical (unpaired) electrons. The second kappa shape index (κ2) is 8.92. The van der Waals surface area contributed by atoms with Crippen molar-refractivity contribution in [3.63, 3.8) is 0 Å². The van der Waals surface area contributed by atoms with Crippen LogP contribution >= 0.6 is 0 Å². The SMILES string of the molecule is CCO[C@H]1CC[C@@]2(C)C(=CCC3C2CC[C@@]2(C)C3CC[C@@H]2[C@H](C)CCCC(C)C)C1. The van der Waals surface area contributed by atoms with Crippen molar-refractivity contribution in [2.24, 2.45) is 46.3 Å². The number of rotatable bonds is 7. The average Bonchev–Trinajstić information content (AvgIpc) is 3.05. The third kappa shape index (κ3) is 3.95. The van der Waals surface area contributed by atoms with Gasteiger partial charge in [0.1, 0.15) is 0 Å². The van der Waals surface area contributed by atoms with Crippen molar-refractivity contribution in [3.05, 3.63) is 11.6 Å². The van der Waals surface area contributed by atoms with E-state index in [1.807, 2.05) is 0 Å². The highest BCUT2D eigenvalue weighted by Crippen LogP contribution is 2.67. The summed E-state index contributed by atoms with van der Waals surface area (Å²) in [6.45, 7) is 15.7. The van der Waals surface area contributed by atoms with Crippen LogP contribution in [0.1, 0.15) is 112 Å². The number of hydrogen-bond donors (Lipinski definition) is 0. The topological polar surface area (TPSA) is 9.23 Å². The van der Waals surface area contributed by atoms with Gasteiger partial charge in [0, 0.05) is 6.61 Å². The van der Waals surface area contributed by atoms with Gasteiger partial charge in [-0.05, 0) is 105 Å². The van der Waals surface area contributed by atoms with Crippen LogP contribution in [0.3, 0.4) is 0 Å². The molecule has 4 aliphatic carbocycles. The van der Waals surface area contributed by atoms with Gasteiger partial charge in [-0.2, -0.15) is 0 Å². The van der Waals surface area contributed by atoms with Crippen LogP contribution in [0, 0.1) is 46.3 Å². The fourth-order valence-electron chi connectivity index (χ4n) is 9.03. The second-order valence-corrected chi connectivity index (χ2v) is 12.6. The molecule has 3 unspecified atom stereocenters. The van der Waals surface area contributed by atoms with Crippen LogP contribution in [0.15, 0.2) is 11.6 Å². The minimum atomic E-state index is 0.471. The lowest BCUT2D eigenvalue weighted by atomic mass is 9.47. The smallest absolute Gasteiger partial charge is 0.0612 e. The molecule has 0 amide bonds. The lowest BCUT2D eigenvalue weighted by molar-refractivity contribution is -0.0630. The van der Waals surface area contributed by atoms with Gasteiger partial charge in [-0.25, -0.2) is 0 Å². The standard InChI is InChI=1S/C29H50O/c1-7-30-23-15-17-28(5)22(19-23)11-12-24-26-14-13-25(21(4)10-8-9-20(2)3)29(26,6)18-16-27(24)28/h11,20-21,23-27H,7-10,12-19H2,1-6H3/t21-,23+,24?,25-,26?,27?,28+,29-/m1/s1. The van der Waals surface area contributed by atoms with E-state index in [0.717, 1.165) is 42.1 Å². The fourth-order valence-corrected chi connectivity index (χ4v) is 9.03. The van der Waals surface area contributed by atoms with E-state index in [9.17, 15) is 0 Å². The third-order valence-corrected chi connectivity index (χ3v) is 10.7. The quantitative estimate of drug-likeness (QED) is 0.380. The highest BCUT2D eigenvalue weighted by Gasteiger charge is 2.59. The van der Waals surface area contributed by atoms with Crippen molar-refractivity contribution >= 4 is 0 Å². The molecule has 4 rings (SSSR count). The highest BCUT2D eigenvalue weighted by atomic mass is 16.5. The second-order valence-electron chi connectivity index (χ2n) is 12.6. The summed E-state index contributed by atoms with van der Waals surface area (Å²) in [6.07, 6.45) is 18.7. The molecule has 3 saturated carbocycles. The van der Waals surface area contributed by atoms with Gasteiger partial charge in [0.15, 0.2) is 0 Å². The molecule has 1 heteroatoms. The average molecular weight is 415 g/mol. The minimum Gasteiger partial charge on any atom is -0.378 e. The van der Waals surface area contributed by atoms with E-state index >= 15 is 0 Å². The normalized spacial score (nSPS) is 44.2. The summed E-state index contributed by atoms with van der Waals surface area (Å²) in [6, 6.07) is 0. The van der Waals surface area contributed by atoms with E-state index in [1.54, 1.807) is 5.57 Å². The number of hydrogen-bond acceptors (Lipinski definition) is 1. The van der Waals surface area contributed by atoms with Crippen molar-refractivity contribution in [1.29, 1.82) is 0 Å². The zero-order valence-electron chi connectivity index (χ0n) is 21.0. The van der Waals surface area contributed by atoms with E-state index in [0.29, 0.717) is 16.9 Å². The van der Waals surface area contributed by atoms with E-state index in [2.05, 4.69) is 47.6 Å². The van der Waals surface area contributed by atoms with E-state index in [-0.39, 0.29) is 0 Å². The van der Waals surface area contributed by atoms with Gasteiger partial charge < -0.3 is 4.74 Å². The minimum absolute atomic E-state index is 0.471. The predicted molar refractivity (Wildman–Crippen MR) is 128 cm³/mol.